The molecule has 1 amide bonds. The van der Waals surface area contributed by atoms with Crippen LogP contribution < -0.4 is 19.5 Å². The normalized spacial score (nSPS) is 10.2. The maximum absolute atomic E-state index is 12.2. The van der Waals surface area contributed by atoms with Crippen LogP contribution in [0.25, 0.3) is 0 Å². The fraction of sp³-hybridized carbons (Fsp3) is 0.333. The van der Waals surface area contributed by atoms with Gasteiger partial charge in [-0.2, -0.15) is 0 Å². The monoisotopic (exact) mass is 375 g/mol. The number of rotatable bonds is 9. The van der Waals surface area contributed by atoms with Crippen LogP contribution in [0, 0.1) is 10.1 Å². The third kappa shape index (κ3) is 5.06. The van der Waals surface area contributed by atoms with Crippen LogP contribution in [-0.4, -0.2) is 43.2 Å². The van der Waals surface area contributed by atoms with Gasteiger partial charge in [0.05, 0.1) is 37.4 Å². The van der Waals surface area contributed by atoms with E-state index in [0.29, 0.717) is 29.4 Å². The van der Waals surface area contributed by atoms with E-state index in [2.05, 4.69) is 10.3 Å². The lowest BCUT2D eigenvalue weighted by Gasteiger charge is -2.11. The molecule has 144 valence electrons. The van der Waals surface area contributed by atoms with Crippen molar-refractivity contribution in [1.82, 2.24) is 10.3 Å². The number of nitrogens with one attached hydrogen (secondary N) is 1. The Morgan fingerprint density at radius 2 is 1.93 bits per heavy atom. The second-order valence-electron chi connectivity index (χ2n) is 5.42. The number of carbonyl (C=O) groups is 1. The molecule has 1 aromatic carbocycles. The highest BCUT2D eigenvalue weighted by atomic mass is 16.6. The molecule has 0 aliphatic rings. The van der Waals surface area contributed by atoms with E-state index in [0.717, 1.165) is 0 Å². The highest BCUT2D eigenvalue weighted by Gasteiger charge is 2.19. The number of ether oxygens (including phenoxy) is 3. The van der Waals surface area contributed by atoms with Crippen molar-refractivity contribution >= 4 is 11.6 Å². The standard InChI is InChI=1S/C18H21N3O6/c1-4-27-17-6-5-13(11-20-17)18(22)19-8-7-12-9-15(25-2)16(26-3)10-14(12)21(23)24/h5-6,9-11H,4,7-8H2,1-3H3,(H,19,22). The fourth-order valence-corrected chi connectivity index (χ4v) is 2.44. The van der Waals surface area contributed by atoms with Gasteiger partial charge < -0.3 is 19.5 Å². The highest BCUT2D eigenvalue weighted by Crippen LogP contribution is 2.34. The molecule has 27 heavy (non-hydrogen) atoms. The second kappa shape index (κ2) is 9.37. The molecule has 0 unspecified atom stereocenters. The molecule has 0 fully saturated rings. The maximum Gasteiger partial charge on any atom is 0.276 e. The molecule has 1 aromatic heterocycles. The van der Waals surface area contributed by atoms with Crippen LogP contribution in [0.15, 0.2) is 30.5 Å². The molecule has 0 aliphatic carbocycles. The number of hydrogen-bond donors (Lipinski definition) is 1. The summed E-state index contributed by atoms with van der Waals surface area (Å²) < 4.78 is 15.5. The smallest absolute Gasteiger partial charge is 0.276 e. The lowest BCUT2D eigenvalue weighted by molar-refractivity contribution is -0.385. The van der Waals surface area contributed by atoms with Gasteiger partial charge >= 0.3 is 0 Å². The minimum atomic E-state index is -0.491. The van der Waals surface area contributed by atoms with E-state index in [9.17, 15) is 14.9 Å². The minimum Gasteiger partial charge on any atom is -0.493 e. The van der Waals surface area contributed by atoms with E-state index in [-0.39, 0.29) is 30.3 Å². The molecule has 0 aliphatic heterocycles. The Morgan fingerprint density at radius 1 is 1.22 bits per heavy atom. The molecule has 9 heteroatoms. The van der Waals surface area contributed by atoms with Crippen molar-refractivity contribution in [2.75, 3.05) is 27.4 Å². The van der Waals surface area contributed by atoms with Crippen LogP contribution >= 0.6 is 0 Å². The van der Waals surface area contributed by atoms with Gasteiger partial charge in [0.25, 0.3) is 11.6 Å². The Kier molecular flexibility index (Phi) is 6.93. The number of aromatic nitrogens is 1. The molecule has 2 aromatic rings. The average molecular weight is 375 g/mol. The second-order valence-corrected chi connectivity index (χ2v) is 5.42. The Labute approximate surface area is 156 Å². The van der Waals surface area contributed by atoms with Gasteiger partial charge in [-0.25, -0.2) is 4.98 Å². The van der Waals surface area contributed by atoms with Crippen molar-refractivity contribution in [1.29, 1.82) is 0 Å². The Morgan fingerprint density at radius 3 is 2.48 bits per heavy atom. The molecule has 0 saturated carbocycles. The number of nitro groups is 1. The van der Waals surface area contributed by atoms with Gasteiger partial charge in [-0.1, -0.05) is 0 Å². The van der Waals surface area contributed by atoms with Crippen LogP contribution in [0.1, 0.15) is 22.8 Å². The fourth-order valence-electron chi connectivity index (χ4n) is 2.44. The number of amides is 1. The first kappa shape index (κ1) is 20.0. The number of benzene rings is 1. The summed E-state index contributed by atoms with van der Waals surface area (Å²) in [4.78, 5) is 27.0. The topological polar surface area (TPSA) is 113 Å². The van der Waals surface area contributed by atoms with Gasteiger partial charge in [-0.05, 0) is 25.5 Å². The van der Waals surface area contributed by atoms with Crippen LogP contribution in [0.4, 0.5) is 5.69 Å². The summed E-state index contributed by atoms with van der Waals surface area (Å²) >= 11 is 0. The lowest BCUT2D eigenvalue weighted by atomic mass is 10.1. The van der Waals surface area contributed by atoms with Gasteiger partial charge in [-0.15, -0.1) is 0 Å². The van der Waals surface area contributed by atoms with Crippen molar-refractivity contribution in [2.45, 2.75) is 13.3 Å². The lowest BCUT2D eigenvalue weighted by Crippen LogP contribution is -2.26. The maximum atomic E-state index is 12.2. The Bertz CT molecular complexity index is 807. The molecule has 0 bridgehead atoms. The van der Waals surface area contributed by atoms with Crippen molar-refractivity contribution in [3.8, 4) is 17.4 Å². The molecule has 9 nitrogen and oxygen atoms in total. The van der Waals surface area contributed by atoms with E-state index in [1.54, 1.807) is 18.2 Å². The molecule has 0 radical (unpaired) electrons. The number of carbonyl (C=O) groups excluding carboxylic acids is 1. The van der Waals surface area contributed by atoms with Crippen molar-refractivity contribution in [2.24, 2.45) is 0 Å². The van der Waals surface area contributed by atoms with Gasteiger partial charge in [0.1, 0.15) is 0 Å². The predicted octanol–water partition coefficient (Wildman–Crippen LogP) is 2.38. The average Bonchev–Trinajstić information content (AvgIpc) is 2.68. The first-order valence-corrected chi connectivity index (χ1v) is 8.26. The van der Waals surface area contributed by atoms with Crippen molar-refractivity contribution in [3.63, 3.8) is 0 Å². The SMILES string of the molecule is CCOc1ccc(C(=O)NCCc2cc(OC)c(OC)cc2[N+](=O)[O-])cn1. The van der Waals surface area contributed by atoms with Crippen LogP contribution in [-0.2, 0) is 6.42 Å². The number of methoxy groups -OCH3 is 2. The van der Waals surface area contributed by atoms with E-state index >= 15 is 0 Å². The van der Waals surface area contributed by atoms with Gasteiger partial charge in [0, 0.05) is 24.4 Å². The molecule has 1 N–H and O–H groups in total. The zero-order valence-electron chi connectivity index (χ0n) is 15.4. The van der Waals surface area contributed by atoms with Crippen LogP contribution in [0.5, 0.6) is 17.4 Å². The molecule has 0 atom stereocenters. The van der Waals surface area contributed by atoms with Gasteiger partial charge in [0.15, 0.2) is 11.5 Å². The van der Waals surface area contributed by atoms with E-state index in [1.807, 2.05) is 6.92 Å². The number of hydrogen-bond acceptors (Lipinski definition) is 7. The summed E-state index contributed by atoms with van der Waals surface area (Å²) in [5.74, 6) is 0.779. The van der Waals surface area contributed by atoms with Crippen molar-refractivity contribution < 1.29 is 23.9 Å². The minimum absolute atomic E-state index is 0.0929. The zero-order chi connectivity index (χ0) is 19.8. The summed E-state index contributed by atoms with van der Waals surface area (Å²) in [6.45, 7) is 2.54. The van der Waals surface area contributed by atoms with E-state index in [1.165, 1.54) is 26.5 Å². The third-order valence-corrected chi connectivity index (χ3v) is 3.75. The van der Waals surface area contributed by atoms with E-state index < -0.39 is 4.92 Å². The number of pyridine rings is 1. The number of nitro benzene ring substituents is 1. The summed E-state index contributed by atoms with van der Waals surface area (Å²) in [6, 6.07) is 6.07. The summed E-state index contributed by atoms with van der Waals surface area (Å²) in [6.07, 6.45) is 1.67. The van der Waals surface area contributed by atoms with Crippen molar-refractivity contribution in [3.05, 3.63) is 51.7 Å². The van der Waals surface area contributed by atoms with Crippen LogP contribution in [0.2, 0.25) is 0 Å². The third-order valence-electron chi connectivity index (χ3n) is 3.75. The molecular weight excluding hydrogens is 354 g/mol. The first-order valence-electron chi connectivity index (χ1n) is 8.26. The highest BCUT2D eigenvalue weighted by molar-refractivity contribution is 5.93. The quantitative estimate of drug-likeness (QED) is 0.529. The van der Waals surface area contributed by atoms with Gasteiger partial charge in [-0.3, -0.25) is 14.9 Å². The molecule has 0 spiro atoms. The number of nitrogens with zero attached hydrogens (tertiary/aromatic N) is 2. The summed E-state index contributed by atoms with van der Waals surface area (Å²) in [5.41, 5.74) is 0.715. The molecule has 2 rings (SSSR count). The Balaban J connectivity index is 2.05. The predicted molar refractivity (Wildman–Crippen MR) is 97.6 cm³/mol. The Hall–Kier alpha value is -3.36. The molecular formula is C18H21N3O6. The van der Waals surface area contributed by atoms with Crippen LogP contribution in [0.3, 0.4) is 0 Å². The largest absolute Gasteiger partial charge is 0.493 e. The summed E-state index contributed by atoms with van der Waals surface area (Å²) in [7, 11) is 2.86. The summed E-state index contributed by atoms with van der Waals surface area (Å²) in [5, 5.41) is 14.0. The zero-order valence-corrected chi connectivity index (χ0v) is 15.4. The van der Waals surface area contributed by atoms with E-state index in [4.69, 9.17) is 14.2 Å². The van der Waals surface area contributed by atoms with Gasteiger partial charge in [0.2, 0.25) is 5.88 Å². The molecule has 0 saturated heterocycles. The first-order chi connectivity index (χ1) is 13.0. The molecule has 1 heterocycles.